The Morgan fingerprint density at radius 1 is 1.08 bits per heavy atom. The summed E-state index contributed by atoms with van der Waals surface area (Å²) in [6.45, 7) is 5.61. The highest BCUT2D eigenvalue weighted by Crippen LogP contribution is 2.23. The van der Waals surface area contributed by atoms with Crippen LogP contribution in [0.5, 0.6) is 0 Å². The Morgan fingerprint density at radius 2 is 1.65 bits per heavy atom. The summed E-state index contributed by atoms with van der Waals surface area (Å²) in [4.78, 5) is 12.4. The summed E-state index contributed by atoms with van der Waals surface area (Å²) in [5.41, 5.74) is -0.0625. The van der Waals surface area contributed by atoms with E-state index < -0.39 is 33.3 Å². The Labute approximate surface area is 151 Å². The molecule has 2 aromatic carbocycles. The van der Waals surface area contributed by atoms with Gasteiger partial charge in [0.2, 0.25) is 10.0 Å². The summed E-state index contributed by atoms with van der Waals surface area (Å²) in [6, 6.07) is 7.34. The van der Waals surface area contributed by atoms with Crippen molar-refractivity contribution in [3.8, 4) is 0 Å². The van der Waals surface area contributed by atoms with E-state index in [0.717, 1.165) is 12.1 Å². The zero-order valence-electron chi connectivity index (χ0n) is 14.7. The predicted octanol–water partition coefficient (Wildman–Crippen LogP) is 3.56. The molecule has 0 unspecified atom stereocenters. The van der Waals surface area contributed by atoms with Crippen molar-refractivity contribution in [2.45, 2.75) is 25.7 Å². The molecular weight excluding hydrogens is 362 g/mol. The lowest BCUT2D eigenvalue weighted by Gasteiger charge is -2.19. The number of benzene rings is 2. The quantitative estimate of drug-likeness (QED) is 0.831. The van der Waals surface area contributed by atoms with E-state index in [1.165, 1.54) is 28.6 Å². The molecule has 0 saturated carbocycles. The molecule has 0 aliphatic carbocycles. The van der Waals surface area contributed by atoms with Crippen LogP contribution in [0.2, 0.25) is 0 Å². The topological polar surface area (TPSA) is 66.5 Å². The second kappa shape index (κ2) is 7.92. The van der Waals surface area contributed by atoms with Crippen LogP contribution in [0, 0.1) is 18.6 Å². The molecule has 0 aromatic heterocycles. The van der Waals surface area contributed by atoms with Gasteiger partial charge in [0.05, 0.1) is 4.90 Å². The van der Waals surface area contributed by atoms with Crippen LogP contribution in [-0.2, 0) is 10.0 Å². The lowest BCUT2D eigenvalue weighted by Crippen LogP contribution is -2.30. The van der Waals surface area contributed by atoms with Gasteiger partial charge in [0, 0.05) is 18.7 Å². The van der Waals surface area contributed by atoms with Crippen molar-refractivity contribution < 1.29 is 22.0 Å². The first kappa shape index (κ1) is 20.0. The molecule has 0 aliphatic heterocycles. The highest BCUT2D eigenvalue weighted by Gasteiger charge is 2.24. The molecular formula is C18H20F2N2O3S. The van der Waals surface area contributed by atoms with E-state index in [2.05, 4.69) is 5.32 Å². The van der Waals surface area contributed by atoms with Gasteiger partial charge in [0.15, 0.2) is 0 Å². The minimum absolute atomic E-state index is 0.0286. The Kier molecular flexibility index (Phi) is 6.09. The van der Waals surface area contributed by atoms with Crippen LogP contribution in [0.4, 0.5) is 14.5 Å². The number of carbonyl (C=O) groups is 1. The summed E-state index contributed by atoms with van der Waals surface area (Å²) >= 11 is 0. The molecule has 140 valence electrons. The number of sulfonamides is 1. The van der Waals surface area contributed by atoms with Crippen molar-refractivity contribution >= 4 is 21.6 Å². The van der Waals surface area contributed by atoms with Gasteiger partial charge in [-0.3, -0.25) is 4.79 Å². The normalized spacial score (nSPS) is 11.6. The maximum absolute atomic E-state index is 13.7. The number of carbonyl (C=O) groups excluding carboxylic acids is 1. The molecule has 1 amide bonds. The van der Waals surface area contributed by atoms with Gasteiger partial charge in [-0.15, -0.1) is 0 Å². The zero-order valence-corrected chi connectivity index (χ0v) is 15.5. The Bertz CT molecular complexity index is 906. The van der Waals surface area contributed by atoms with Crippen LogP contribution in [-0.4, -0.2) is 31.7 Å². The fourth-order valence-corrected chi connectivity index (χ4v) is 4.00. The molecule has 0 spiro atoms. The van der Waals surface area contributed by atoms with Gasteiger partial charge in [-0.2, -0.15) is 4.31 Å². The smallest absolute Gasteiger partial charge is 0.256 e. The summed E-state index contributed by atoms with van der Waals surface area (Å²) < 4.78 is 54.0. The van der Waals surface area contributed by atoms with Gasteiger partial charge in [0.1, 0.15) is 17.3 Å². The number of aryl methyl sites for hydroxylation is 1. The molecule has 2 rings (SSSR count). The average molecular weight is 382 g/mol. The Morgan fingerprint density at radius 3 is 2.19 bits per heavy atom. The van der Waals surface area contributed by atoms with E-state index in [1.807, 2.05) is 0 Å². The maximum Gasteiger partial charge on any atom is 0.256 e. The van der Waals surface area contributed by atoms with Crippen LogP contribution >= 0.6 is 0 Å². The van der Waals surface area contributed by atoms with Gasteiger partial charge in [-0.05, 0) is 36.8 Å². The molecule has 0 heterocycles. The summed E-state index contributed by atoms with van der Waals surface area (Å²) in [6.07, 6.45) is 0. The van der Waals surface area contributed by atoms with E-state index >= 15 is 0 Å². The third kappa shape index (κ3) is 3.91. The first-order valence-electron chi connectivity index (χ1n) is 8.08. The lowest BCUT2D eigenvalue weighted by molar-refractivity contribution is 0.102. The van der Waals surface area contributed by atoms with Gasteiger partial charge >= 0.3 is 0 Å². The van der Waals surface area contributed by atoms with Gasteiger partial charge < -0.3 is 5.32 Å². The van der Waals surface area contributed by atoms with Crippen LogP contribution < -0.4 is 5.32 Å². The molecule has 0 fully saturated rings. The van der Waals surface area contributed by atoms with Crippen molar-refractivity contribution in [1.82, 2.24) is 4.31 Å². The molecule has 0 aliphatic rings. The Balaban J connectivity index is 2.43. The van der Waals surface area contributed by atoms with Gasteiger partial charge in [-0.1, -0.05) is 26.0 Å². The van der Waals surface area contributed by atoms with Gasteiger partial charge in [0.25, 0.3) is 5.91 Å². The number of amides is 1. The number of halogens is 2. The first-order chi connectivity index (χ1) is 12.2. The van der Waals surface area contributed by atoms with Crippen molar-refractivity contribution in [3.05, 3.63) is 59.2 Å². The Hall–Kier alpha value is -2.32. The number of anilines is 1. The molecule has 0 bridgehead atoms. The molecule has 0 atom stereocenters. The number of hydrogen-bond donors (Lipinski definition) is 1. The van der Waals surface area contributed by atoms with Crippen LogP contribution in [0.1, 0.15) is 29.8 Å². The fourth-order valence-electron chi connectivity index (χ4n) is 2.52. The predicted molar refractivity (Wildman–Crippen MR) is 95.6 cm³/mol. The SMILES string of the molecule is CCN(CC)S(=O)(=O)c1ccc(C)c(C(=O)Nc2c(F)cccc2F)c1. The van der Waals surface area contributed by atoms with E-state index in [4.69, 9.17) is 0 Å². The van der Waals surface area contributed by atoms with Crippen LogP contribution in [0.15, 0.2) is 41.3 Å². The highest BCUT2D eigenvalue weighted by molar-refractivity contribution is 7.89. The number of nitrogens with one attached hydrogen (secondary N) is 1. The third-order valence-corrected chi connectivity index (χ3v) is 6.04. The monoisotopic (exact) mass is 382 g/mol. The highest BCUT2D eigenvalue weighted by atomic mass is 32.2. The zero-order chi connectivity index (χ0) is 19.5. The first-order valence-corrected chi connectivity index (χ1v) is 9.52. The van der Waals surface area contributed by atoms with E-state index in [9.17, 15) is 22.0 Å². The molecule has 26 heavy (non-hydrogen) atoms. The van der Waals surface area contributed by atoms with Crippen LogP contribution in [0.3, 0.4) is 0 Å². The van der Waals surface area contributed by atoms with Gasteiger partial charge in [-0.25, -0.2) is 17.2 Å². The second-order valence-corrected chi connectivity index (χ2v) is 7.55. The summed E-state index contributed by atoms with van der Waals surface area (Å²) in [7, 11) is -3.76. The molecule has 5 nitrogen and oxygen atoms in total. The second-order valence-electron chi connectivity index (χ2n) is 5.62. The molecule has 8 heteroatoms. The third-order valence-electron chi connectivity index (χ3n) is 4.00. The number of rotatable bonds is 6. The minimum Gasteiger partial charge on any atom is -0.317 e. The molecule has 2 aromatic rings. The number of nitrogens with zero attached hydrogens (tertiary/aromatic N) is 1. The summed E-state index contributed by atoms with van der Waals surface area (Å²) in [5, 5.41) is 2.17. The van der Waals surface area contributed by atoms with E-state index in [1.54, 1.807) is 20.8 Å². The fraction of sp³-hybridized carbons (Fsp3) is 0.278. The standard InChI is InChI=1S/C18H20F2N2O3S/c1-4-22(5-2)26(24,25)13-10-9-12(3)14(11-13)18(23)21-17-15(19)7-6-8-16(17)20/h6-11H,4-5H2,1-3H3,(H,21,23). The minimum atomic E-state index is -3.76. The van der Waals surface area contributed by atoms with E-state index in [-0.39, 0.29) is 23.5 Å². The van der Waals surface area contributed by atoms with Crippen molar-refractivity contribution in [3.63, 3.8) is 0 Å². The average Bonchev–Trinajstić information content (AvgIpc) is 2.59. The largest absolute Gasteiger partial charge is 0.317 e. The lowest BCUT2D eigenvalue weighted by atomic mass is 10.1. The van der Waals surface area contributed by atoms with Crippen molar-refractivity contribution in [2.75, 3.05) is 18.4 Å². The van der Waals surface area contributed by atoms with Crippen LogP contribution in [0.25, 0.3) is 0 Å². The number of hydrogen-bond acceptors (Lipinski definition) is 3. The van der Waals surface area contributed by atoms with Crippen molar-refractivity contribution in [1.29, 1.82) is 0 Å². The maximum atomic E-state index is 13.7. The van der Waals surface area contributed by atoms with E-state index in [0.29, 0.717) is 5.56 Å². The molecule has 1 N–H and O–H groups in total. The molecule has 0 saturated heterocycles. The molecule has 0 radical (unpaired) electrons. The summed E-state index contributed by atoms with van der Waals surface area (Å²) in [5.74, 6) is -2.62. The number of para-hydroxylation sites is 1. The van der Waals surface area contributed by atoms with Crippen molar-refractivity contribution in [2.24, 2.45) is 0 Å².